The van der Waals surface area contributed by atoms with Crippen LogP contribution in [0.2, 0.25) is 5.02 Å². The molecule has 7 heteroatoms. The van der Waals surface area contributed by atoms with Crippen LogP contribution in [0.1, 0.15) is 18.4 Å². The number of aliphatic hydroxyl groups is 1. The molecule has 0 unspecified atom stereocenters. The SMILES string of the molecule is N#Cc1ccc(Cl)c(S(=O)(=O)N2CCC[C@H]2CO)c1. The Balaban J connectivity index is 2.48. The van der Waals surface area contributed by atoms with Crippen LogP contribution in [0.15, 0.2) is 23.1 Å². The van der Waals surface area contributed by atoms with Gasteiger partial charge in [0.1, 0.15) is 4.90 Å². The third-order valence-corrected chi connectivity index (χ3v) is 5.61. The van der Waals surface area contributed by atoms with Gasteiger partial charge in [0.25, 0.3) is 0 Å². The third kappa shape index (κ3) is 2.60. The first-order valence-electron chi connectivity index (χ1n) is 5.83. The summed E-state index contributed by atoms with van der Waals surface area (Å²) in [6, 6.07) is 5.62. The van der Waals surface area contributed by atoms with E-state index < -0.39 is 16.1 Å². The molecule has 1 fully saturated rings. The molecule has 1 N–H and O–H groups in total. The van der Waals surface area contributed by atoms with Crippen molar-refractivity contribution in [2.24, 2.45) is 0 Å². The van der Waals surface area contributed by atoms with Crippen molar-refractivity contribution in [2.45, 2.75) is 23.8 Å². The highest BCUT2D eigenvalue weighted by Gasteiger charge is 2.36. The maximum absolute atomic E-state index is 12.5. The van der Waals surface area contributed by atoms with E-state index in [9.17, 15) is 13.5 Å². The van der Waals surface area contributed by atoms with Crippen LogP contribution in [0.4, 0.5) is 0 Å². The molecule has 102 valence electrons. The van der Waals surface area contributed by atoms with E-state index in [1.54, 1.807) is 0 Å². The Morgan fingerprint density at radius 3 is 2.89 bits per heavy atom. The number of halogens is 1. The average Bonchev–Trinajstić information content (AvgIpc) is 2.88. The van der Waals surface area contributed by atoms with Crippen LogP contribution >= 0.6 is 11.6 Å². The summed E-state index contributed by atoms with van der Waals surface area (Å²) < 4.78 is 26.3. The maximum atomic E-state index is 12.5. The molecule has 1 aromatic carbocycles. The summed E-state index contributed by atoms with van der Waals surface area (Å²) in [7, 11) is -3.77. The zero-order valence-corrected chi connectivity index (χ0v) is 11.7. The Labute approximate surface area is 117 Å². The second-order valence-electron chi connectivity index (χ2n) is 4.35. The molecular weight excluding hydrogens is 288 g/mol. The van der Waals surface area contributed by atoms with Crippen LogP contribution in [0.25, 0.3) is 0 Å². The first-order chi connectivity index (χ1) is 9.00. The van der Waals surface area contributed by atoms with E-state index in [1.807, 2.05) is 6.07 Å². The maximum Gasteiger partial charge on any atom is 0.244 e. The monoisotopic (exact) mass is 300 g/mol. The van der Waals surface area contributed by atoms with E-state index in [1.165, 1.54) is 22.5 Å². The zero-order chi connectivity index (χ0) is 14.0. The predicted molar refractivity (Wildman–Crippen MR) is 70.2 cm³/mol. The minimum Gasteiger partial charge on any atom is -0.395 e. The van der Waals surface area contributed by atoms with Gasteiger partial charge < -0.3 is 5.11 Å². The van der Waals surface area contributed by atoms with Crippen LogP contribution in [-0.4, -0.2) is 37.0 Å². The van der Waals surface area contributed by atoms with E-state index in [4.69, 9.17) is 16.9 Å². The molecule has 2 rings (SSSR count). The number of nitriles is 1. The summed E-state index contributed by atoms with van der Waals surface area (Å²) in [6.45, 7) is 0.148. The highest BCUT2D eigenvalue weighted by Crippen LogP contribution is 2.30. The normalized spacial score (nSPS) is 20.4. The fraction of sp³-hybridized carbons (Fsp3) is 0.417. The van der Waals surface area contributed by atoms with E-state index in [0.717, 1.165) is 0 Å². The largest absolute Gasteiger partial charge is 0.395 e. The van der Waals surface area contributed by atoms with Crippen molar-refractivity contribution in [3.05, 3.63) is 28.8 Å². The third-order valence-electron chi connectivity index (χ3n) is 3.18. The average molecular weight is 301 g/mol. The van der Waals surface area contributed by atoms with Crippen molar-refractivity contribution in [3.63, 3.8) is 0 Å². The van der Waals surface area contributed by atoms with Gasteiger partial charge >= 0.3 is 0 Å². The van der Waals surface area contributed by atoms with Gasteiger partial charge in [-0.2, -0.15) is 9.57 Å². The highest BCUT2D eigenvalue weighted by atomic mass is 35.5. The Bertz CT molecular complexity index is 624. The molecule has 1 aliphatic heterocycles. The molecule has 1 aliphatic rings. The van der Waals surface area contributed by atoms with Gasteiger partial charge in [-0.1, -0.05) is 11.6 Å². The van der Waals surface area contributed by atoms with E-state index >= 15 is 0 Å². The molecule has 0 aliphatic carbocycles. The van der Waals surface area contributed by atoms with Gasteiger partial charge in [-0.25, -0.2) is 8.42 Å². The molecular formula is C12H13ClN2O3S. The molecule has 0 aromatic heterocycles. The van der Waals surface area contributed by atoms with Gasteiger partial charge in [0.2, 0.25) is 10.0 Å². The van der Waals surface area contributed by atoms with Gasteiger partial charge in [-0.05, 0) is 31.0 Å². The molecule has 1 aromatic rings. The Kier molecular flexibility index (Phi) is 4.11. The van der Waals surface area contributed by atoms with Crippen LogP contribution in [0, 0.1) is 11.3 Å². The lowest BCUT2D eigenvalue weighted by molar-refractivity contribution is 0.213. The molecule has 1 heterocycles. The van der Waals surface area contributed by atoms with Crippen LogP contribution in [0.3, 0.4) is 0 Å². The second kappa shape index (κ2) is 5.47. The van der Waals surface area contributed by atoms with Crippen molar-refractivity contribution < 1.29 is 13.5 Å². The first kappa shape index (κ1) is 14.3. The summed E-state index contributed by atoms with van der Waals surface area (Å²) in [5.41, 5.74) is 0.239. The lowest BCUT2D eigenvalue weighted by Gasteiger charge is -2.23. The number of benzene rings is 1. The zero-order valence-electron chi connectivity index (χ0n) is 10.1. The van der Waals surface area contributed by atoms with Crippen molar-refractivity contribution in [3.8, 4) is 6.07 Å². The summed E-state index contributed by atoms with van der Waals surface area (Å²) in [4.78, 5) is -0.0754. The van der Waals surface area contributed by atoms with E-state index in [0.29, 0.717) is 19.4 Å². The minimum atomic E-state index is -3.77. The molecule has 0 bridgehead atoms. The fourth-order valence-corrected chi connectivity index (χ4v) is 4.39. The predicted octanol–water partition coefficient (Wildman–Crippen LogP) is 1.36. The molecule has 19 heavy (non-hydrogen) atoms. The van der Waals surface area contributed by atoms with Crippen LogP contribution < -0.4 is 0 Å². The van der Waals surface area contributed by atoms with Crippen molar-refractivity contribution in [2.75, 3.05) is 13.2 Å². The smallest absolute Gasteiger partial charge is 0.244 e. The topological polar surface area (TPSA) is 81.4 Å². The van der Waals surface area contributed by atoms with Crippen LogP contribution in [0.5, 0.6) is 0 Å². The van der Waals surface area contributed by atoms with Gasteiger partial charge in [0.05, 0.1) is 23.3 Å². The molecule has 5 nitrogen and oxygen atoms in total. The number of hydrogen-bond acceptors (Lipinski definition) is 4. The second-order valence-corrected chi connectivity index (χ2v) is 6.62. The molecule has 1 atom stereocenters. The lowest BCUT2D eigenvalue weighted by atomic mass is 10.2. The van der Waals surface area contributed by atoms with Crippen LogP contribution in [-0.2, 0) is 10.0 Å². The van der Waals surface area contributed by atoms with Crippen molar-refractivity contribution >= 4 is 21.6 Å². The lowest BCUT2D eigenvalue weighted by Crippen LogP contribution is -2.37. The fourth-order valence-electron chi connectivity index (χ4n) is 2.21. The summed E-state index contributed by atoms with van der Waals surface area (Å²) in [6.07, 6.45) is 1.34. The number of aliphatic hydroxyl groups excluding tert-OH is 1. The molecule has 0 spiro atoms. The number of rotatable bonds is 3. The van der Waals surface area contributed by atoms with Crippen molar-refractivity contribution in [1.29, 1.82) is 5.26 Å². The minimum absolute atomic E-state index is 0.0754. The standard InChI is InChI=1S/C12H13ClN2O3S/c13-11-4-3-9(7-14)6-12(11)19(17,18)15-5-1-2-10(15)8-16/h3-4,6,10,16H,1-2,5,8H2/t10-/m0/s1. The Morgan fingerprint density at radius 2 is 2.26 bits per heavy atom. The van der Waals surface area contributed by atoms with E-state index in [2.05, 4.69) is 0 Å². The Hall–Kier alpha value is -1.13. The molecule has 0 radical (unpaired) electrons. The Morgan fingerprint density at radius 1 is 1.53 bits per heavy atom. The van der Waals surface area contributed by atoms with Gasteiger partial charge in [-0.15, -0.1) is 0 Å². The number of nitrogens with zero attached hydrogens (tertiary/aromatic N) is 2. The molecule has 0 saturated carbocycles. The molecule has 1 saturated heterocycles. The summed E-state index contributed by atoms with van der Waals surface area (Å²) in [5, 5.41) is 18.2. The van der Waals surface area contributed by atoms with Gasteiger partial charge in [0, 0.05) is 12.6 Å². The quantitative estimate of drug-likeness (QED) is 0.914. The van der Waals surface area contributed by atoms with Gasteiger partial charge in [-0.3, -0.25) is 0 Å². The highest BCUT2D eigenvalue weighted by molar-refractivity contribution is 7.89. The molecule has 0 amide bonds. The first-order valence-corrected chi connectivity index (χ1v) is 7.65. The van der Waals surface area contributed by atoms with Gasteiger partial charge in [0.15, 0.2) is 0 Å². The summed E-state index contributed by atoms with van der Waals surface area (Å²) in [5.74, 6) is 0. The van der Waals surface area contributed by atoms with Crippen molar-refractivity contribution in [1.82, 2.24) is 4.31 Å². The summed E-state index contributed by atoms with van der Waals surface area (Å²) >= 11 is 5.93. The number of hydrogen-bond donors (Lipinski definition) is 1. The number of sulfonamides is 1. The van der Waals surface area contributed by atoms with E-state index in [-0.39, 0.29) is 22.1 Å².